The van der Waals surface area contributed by atoms with Crippen molar-refractivity contribution in [2.75, 3.05) is 26.3 Å². The van der Waals surface area contributed by atoms with Gasteiger partial charge in [-0.3, -0.25) is 4.90 Å². The van der Waals surface area contributed by atoms with Crippen LogP contribution in [0.1, 0.15) is 26.2 Å². The van der Waals surface area contributed by atoms with Crippen LogP contribution in [0.2, 0.25) is 0 Å². The minimum atomic E-state index is -0.114. The van der Waals surface area contributed by atoms with Crippen LogP contribution in [0.4, 0.5) is 0 Å². The molecule has 0 amide bonds. The van der Waals surface area contributed by atoms with Crippen LogP contribution >= 0.6 is 0 Å². The van der Waals surface area contributed by atoms with E-state index in [4.69, 9.17) is 4.74 Å². The fourth-order valence-electron chi connectivity index (χ4n) is 2.85. The van der Waals surface area contributed by atoms with Crippen molar-refractivity contribution in [1.29, 1.82) is 0 Å². The molecule has 0 unspecified atom stereocenters. The van der Waals surface area contributed by atoms with E-state index in [0.29, 0.717) is 12.0 Å². The van der Waals surface area contributed by atoms with Gasteiger partial charge < -0.3 is 9.84 Å². The normalized spacial score (nSPS) is 41.1. The van der Waals surface area contributed by atoms with Crippen LogP contribution in [-0.4, -0.2) is 48.5 Å². The Kier molecular flexibility index (Phi) is 3.42. The van der Waals surface area contributed by atoms with Crippen LogP contribution in [0.15, 0.2) is 0 Å². The summed E-state index contributed by atoms with van der Waals surface area (Å²) in [5, 5.41) is 10.0. The minimum Gasteiger partial charge on any atom is -0.391 e. The Balaban J connectivity index is 1.97. The van der Waals surface area contributed by atoms with Gasteiger partial charge in [0, 0.05) is 19.1 Å². The maximum absolute atomic E-state index is 10.0. The number of aliphatic hydroxyl groups is 1. The maximum atomic E-state index is 10.0. The molecule has 1 heterocycles. The maximum Gasteiger partial charge on any atom is 0.0698 e. The van der Waals surface area contributed by atoms with Gasteiger partial charge in [-0.05, 0) is 18.8 Å². The van der Waals surface area contributed by atoms with E-state index in [2.05, 4.69) is 11.8 Å². The van der Waals surface area contributed by atoms with E-state index < -0.39 is 0 Å². The molecule has 82 valence electrons. The zero-order chi connectivity index (χ0) is 9.97. The van der Waals surface area contributed by atoms with Crippen molar-refractivity contribution in [2.45, 2.75) is 38.3 Å². The molecule has 14 heavy (non-hydrogen) atoms. The first-order valence-electron chi connectivity index (χ1n) is 5.79. The van der Waals surface area contributed by atoms with E-state index in [1.165, 1.54) is 12.8 Å². The second-order valence-electron chi connectivity index (χ2n) is 4.61. The van der Waals surface area contributed by atoms with Crippen molar-refractivity contribution in [3.05, 3.63) is 0 Å². The second kappa shape index (κ2) is 4.60. The molecular formula is C11H21NO2. The summed E-state index contributed by atoms with van der Waals surface area (Å²) >= 11 is 0. The molecule has 1 aliphatic heterocycles. The Morgan fingerprint density at radius 2 is 1.93 bits per heavy atom. The highest BCUT2D eigenvalue weighted by Gasteiger charge is 2.34. The molecule has 1 N–H and O–H groups in total. The average Bonchev–Trinajstić information content (AvgIpc) is 2.19. The van der Waals surface area contributed by atoms with Gasteiger partial charge in [0.25, 0.3) is 0 Å². The number of nitrogens with zero attached hydrogens (tertiary/aromatic N) is 1. The Morgan fingerprint density at radius 1 is 1.21 bits per heavy atom. The number of rotatable bonds is 1. The van der Waals surface area contributed by atoms with Crippen molar-refractivity contribution in [2.24, 2.45) is 5.92 Å². The molecule has 2 rings (SSSR count). The zero-order valence-corrected chi connectivity index (χ0v) is 8.98. The summed E-state index contributed by atoms with van der Waals surface area (Å²) in [5.74, 6) is 0.636. The van der Waals surface area contributed by atoms with E-state index in [-0.39, 0.29) is 6.10 Å². The van der Waals surface area contributed by atoms with Gasteiger partial charge in [0.05, 0.1) is 19.3 Å². The Bertz CT molecular complexity index is 170. The van der Waals surface area contributed by atoms with Crippen LogP contribution in [0.3, 0.4) is 0 Å². The Labute approximate surface area is 86.0 Å². The van der Waals surface area contributed by atoms with Crippen molar-refractivity contribution < 1.29 is 9.84 Å². The summed E-state index contributed by atoms with van der Waals surface area (Å²) in [6.07, 6.45) is 3.31. The Morgan fingerprint density at radius 3 is 2.57 bits per heavy atom. The van der Waals surface area contributed by atoms with Crippen LogP contribution < -0.4 is 0 Å². The summed E-state index contributed by atoms with van der Waals surface area (Å²) in [5.41, 5.74) is 0. The lowest BCUT2D eigenvalue weighted by molar-refractivity contribution is -0.0542. The number of hydrogen-bond donors (Lipinski definition) is 1. The first-order chi connectivity index (χ1) is 6.79. The third-order valence-corrected chi connectivity index (χ3v) is 3.60. The third kappa shape index (κ3) is 2.10. The number of ether oxygens (including phenoxy) is 1. The van der Waals surface area contributed by atoms with Gasteiger partial charge in [-0.1, -0.05) is 13.3 Å². The first-order valence-corrected chi connectivity index (χ1v) is 5.79. The zero-order valence-electron chi connectivity index (χ0n) is 8.98. The molecule has 0 aromatic carbocycles. The lowest BCUT2D eigenvalue weighted by Gasteiger charge is -2.43. The summed E-state index contributed by atoms with van der Waals surface area (Å²) in [6.45, 7) is 5.91. The SMILES string of the molecule is C[C@H]1CCC[C@H](O)[C@H]1N1CCOCC1. The van der Waals surface area contributed by atoms with E-state index in [1.54, 1.807) is 0 Å². The highest BCUT2D eigenvalue weighted by Crippen LogP contribution is 2.28. The molecule has 2 fully saturated rings. The van der Waals surface area contributed by atoms with Gasteiger partial charge in [-0.15, -0.1) is 0 Å². The van der Waals surface area contributed by atoms with Crippen LogP contribution in [-0.2, 0) is 4.74 Å². The summed E-state index contributed by atoms with van der Waals surface area (Å²) in [7, 11) is 0. The van der Waals surface area contributed by atoms with Gasteiger partial charge in [0.2, 0.25) is 0 Å². The molecule has 3 heteroatoms. The van der Waals surface area contributed by atoms with Crippen molar-refractivity contribution in [3.8, 4) is 0 Å². The predicted octanol–water partition coefficient (Wildman–Crippen LogP) is 0.868. The number of hydrogen-bond acceptors (Lipinski definition) is 3. The van der Waals surface area contributed by atoms with Crippen molar-refractivity contribution in [1.82, 2.24) is 4.90 Å². The van der Waals surface area contributed by atoms with E-state index in [9.17, 15) is 5.11 Å². The fourth-order valence-corrected chi connectivity index (χ4v) is 2.85. The molecule has 0 radical (unpaired) electrons. The average molecular weight is 199 g/mol. The summed E-state index contributed by atoms with van der Waals surface area (Å²) in [6, 6.07) is 0.382. The topological polar surface area (TPSA) is 32.7 Å². The summed E-state index contributed by atoms with van der Waals surface area (Å²) < 4.78 is 5.34. The lowest BCUT2D eigenvalue weighted by atomic mass is 9.82. The van der Waals surface area contributed by atoms with Gasteiger partial charge in [0.1, 0.15) is 0 Å². The molecule has 0 aromatic heterocycles. The molecule has 0 spiro atoms. The molecule has 1 saturated heterocycles. The predicted molar refractivity (Wildman–Crippen MR) is 55.2 cm³/mol. The third-order valence-electron chi connectivity index (χ3n) is 3.60. The highest BCUT2D eigenvalue weighted by molar-refractivity contribution is 4.88. The number of morpholine rings is 1. The molecule has 3 atom stereocenters. The first kappa shape index (κ1) is 10.4. The standard InChI is InChI=1S/C11H21NO2/c1-9-3-2-4-10(13)11(9)12-5-7-14-8-6-12/h9-11,13H,2-8H2,1H3/t9-,10-,11-/m0/s1. The monoisotopic (exact) mass is 199 g/mol. The van der Waals surface area contributed by atoms with Crippen LogP contribution in [0.5, 0.6) is 0 Å². The Hall–Kier alpha value is -0.120. The summed E-state index contributed by atoms with van der Waals surface area (Å²) in [4.78, 5) is 2.41. The van der Waals surface area contributed by atoms with Crippen molar-refractivity contribution in [3.63, 3.8) is 0 Å². The number of aliphatic hydroxyl groups excluding tert-OH is 1. The molecule has 3 nitrogen and oxygen atoms in total. The van der Waals surface area contributed by atoms with E-state index in [0.717, 1.165) is 32.7 Å². The largest absolute Gasteiger partial charge is 0.391 e. The smallest absolute Gasteiger partial charge is 0.0698 e. The highest BCUT2D eigenvalue weighted by atomic mass is 16.5. The molecular weight excluding hydrogens is 178 g/mol. The quantitative estimate of drug-likeness (QED) is 0.680. The van der Waals surface area contributed by atoms with Gasteiger partial charge >= 0.3 is 0 Å². The van der Waals surface area contributed by atoms with Crippen molar-refractivity contribution >= 4 is 0 Å². The van der Waals surface area contributed by atoms with Gasteiger partial charge in [-0.25, -0.2) is 0 Å². The van der Waals surface area contributed by atoms with Gasteiger partial charge in [-0.2, -0.15) is 0 Å². The van der Waals surface area contributed by atoms with Crippen LogP contribution in [0.25, 0.3) is 0 Å². The lowest BCUT2D eigenvalue weighted by Crippen LogP contribution is -2.53. The molecule has 2 aliphatic rings. The molecule has 0 aromatic rings. The second-order valence-corrected chi connectivity index (χ2v) is 4.61. The molecule has 1 saturated carbocycles. The minimum absolute atomic E-state index is 0.114. The van der Waals surface area contributed by atoms with E-state index >= 15 is 0 Å². The van der Waals surface area contributed by atoms with Gasteiger partial charge in [0.15, 0.2) is 0 Å². The molecule has 1 aliphatic carbocycles. The van der Waals surface area contributed by atoms with Crippen LogP contribution in [0, 0.1) is 5.92 Å². The fraction of sp³-hybridized carbons (Fsp3) is 1.00. The van der Waals surface area contributed by atoms with E-state index in [1.807, 2.05) is 0 Å². The molecule has 0 bridgehead atoms.